The minimum absolute atomic E-state index is 0.0689. The Morgan fingerprint density at radius 1 is 1.32 bits per heavy atom. The molecule has 0 bridgehead atoms. The normalized spacial score (nSPS) is 20.5. The summed E-state index contributed by atoms with van der Waals surface area (Å²) in [5.74, 6) is 0.214. The zero-order chi connectivity index (χ0) is 14.3. The lowest BCUT2D eigenvalue weighted by Gasteiger charge is -2.23. The molecule has 5 heteroatoms. The molecule has 5 nitrogen and oxygen atoms in total. The number of rotatable bonds is 8. The summed E-state index contributed by atoms with van der Waals surface area (Å²) in [5, 5.41) is 0. The van der Waals surface area contributed by atoms with Gasteiger partial charge in [0.05, 0.1) is 0 Å². The van der Waals surface area contributed by atoms with Crippen LogP contribution in [-0.2, 0) is 9.59 Å². The summed E-state index contributed by atoms with van der Waals surface area (Å²) >= 11 is 0. The quantitative estimate of drug-likeness (QED) is 0.689. The lowest BCUT2D eigenvalue weighted by atomic mass is 9.94. The third kappa shape index (κ3) is 4.82. The summed E-state index contributed by atoms with van der Waals surface area (Å²) in [6.07, 6.45) is 6.17. The van der Waals surface area contributed by atoms with Gasteiger partial charge in [0, 0.05) is 13.0 Å². The highest BCUT2D eigenvalue weighted by Gasteiger charge is 2.32. The maximum Gasteiger partial charge on any atom is 0.240 e. The summed E-state index contributed by atoms with van der Waals surface area (Å²) in [6.45, 7) is 3.49. The van der Waals surface area contributed by atoms with Crippen molar-refractivity contribution in [1.82, 2.24) is 4.90 Å². The molecule has 0 aromatic rings. The number of carbonyl (C=O) groups excluding carboxylic acids is 2. The van der Waals surface area contributed by atoms with Crippen molar-refractivity contribution in [2.45, 2.75) is 57.9 Å². The van der Waals surface area contributed by atoms with Gasteiger partial charge in [-0.2, -0.15) is 0 Å². The molecule has 0 aromatic heterocycles. The van der Waals surface area contributed by atoms with Gasteiger partial charge in [-0.1, -0.05) is 19.8 Å². The predicted octanol–water partition coefficient (Wildman–Crippen LogP) is 1.01. The van der Waals surface area contributed by atoms with E-state index >= 15 is 0 Å². The first-order chi connectivity index (χ1) is 9.10. The number of hydrogen-bond donors (Lipinski definition) is 2. The van der Waals surface area contributed by atoms with Crippen LogP contribution in [0.4, 0.5) is 0 Å². The largest absolute Gasteiger partial charge is 0.368 e. The molecule has 4 N–H and O–H groups in total. The van der Waals surface area contributed by atoms with Crippen LogP contribution < -0.4 is 11.5 Å². The van der Waals surface area contributed by atoms with E-state index in [-0.39, 0.29) is 17.9 Å². The zero-order valence-corrected chi connectivity index (χ0v) is 11.9. The third-order valence-corrected chi connectivity index (χ3v) is 3.94. The van der Waals surface area contributed by atoms with Crippen molar-refractivity contribution in [3.63, 3.8) is 0 Å². The molecule has 0 radical (unpaired) electrons. The highest BCUT2D eigenvalue weighted by molar-refractivity contribution is 5.87. The highest BCUT2D eigenvalue weighted by Crippen LogP contribution is 2.21. The minimum Gasteiger partial charge on any atom is -0.368 e. The van der Waals surface area contributed by atoms with Crippen molar-refractivity contribution in [2.75, 3.05) is 13.1 Å². The van der Waals surface area contributed by atoms with Gasteiger partial charge in [-0.05, 0) is 38.1 Å². The number of carbonyl (C=O) groups is 2. The van der Waals surface area contributed by atoms with E-state index in [2.05, 4.69) is 6.92 Å². The summed E-state index contributed by atoms with van der Waals surface area (Å²) in [5.41, 5.74) is 10.9. The van der Waals surface area contributed by atoms with Crippen LogP contribution in [0.5, 0.6) is 0 Å². The Balaban J connectivity index is 2.43. The molecule has 1 aliphatic heterocycles. The molecule has 0 spiro atoms. The van der Waals surface area contributed by atoms with Gasteiger partial charge in [0.2, 0.25) is 11.8 Å². The first kappa shape index (κ1) is 16.0. The second kappa shape index (κ2) is 8.15. The van der Waals surface area contributed by atoms with Gasteiger partial charge in [-0.3, -0.25) is 9.59 Å². The fourth-order valence-corrected chi connectivity index (χ4v) is 2.91. The average molecular weight is 269 g/mol. The summed E-state index contributed by atoms with van der Waals surface area (Å²) in [6, 6.07) is -0.383. The number of amides is 2. The summed E-state index contributed by atoms with van der Waals surface area (Å²) < 4.78 is 0. The van der Waals surface area contributed by atoms with Gasteiger partial charge >= 0.3 is 0 Å². The van der Waals surface area contributed by atoms with Crippen molar-refractivity contribution < 1.29 is 9.59 Å². The van der Waals surface area contributed by atoms with E-state index in [9.17, 15) is 9.59 Å². The molecule has 1 saturated heterocycles. The molecule has 19 heavy (non-hydrogen) atoms. The molecule has 2 amide bonds. The SMILES string of the molecule is CCCC(CCN)CCC(=O)N1CCCC1C(N)=O. The van der Waals surface area contributed by atoms with Gasteiger partial charge in [0.25, 0.3) is 0 Å². The second-order valence-electron chi connectivity index (χ2n) is 5.42. The van der Waals surface area contributed by atoms with Crippen LogP contribution in [0.15, 0.2) is 0 Å². The van der Waals surface area contributed by atoms with Crippen LogP contribution in [0.3, 0.4) is 0 Å². The van der Waals surface area contributed by atoms with Crippen molar-refractivity contribution in [3.8, 4) is 0 Å². The molecule has 1 rings (SSSR count). The minimum atomic E-state index is -0.383. The van der Waals surface area contributed by atoms with Crippen molar-refractivity contribution >= 4 is 11.8 Å². The van der Waals surface area contributed by atoms with Crippen LogP contribution in [0.2, 0.25) is 0 Å². The molecular formula is C14H27N3O2. The van der Waals surface area contributed by atoms with Crippen LogP contribution in [0.1, 0.15) is 51.9 Å². The predicted molar refractivity (Wildman–Crippen MR) is 75.2 cm³/mol. The Bertz CT molecular complexity index is 301. The first-order valence-corrected chi connectivity index (χ1v) is 7.39. The number of likely N-dealkylation sites (tertiary alicyclic amines) is 1. The highest BCUT2D eigenvalue weighted by atomic mass is 16.2. The van der Waals surface area contributed by atoms with Crippen LogP contribution >= 0.6 is 0 Å². The number of primary amides is 1. The maximum atomic E-state index is 12.2. The van der Waals surface area contributed by atoms with E-state index in [1.54, 1.807) is 4.90 Å². The Morgan fingerprint density at radius 2 is 2.05 bits per heavy atom. The topological polar surface area (TPSA) is 89.4 Å². The van der Waals surface area contributed by atoms with Crippen molar-refractivity contribution in [2.24, 2.45) is 17.4 Å². The second-order valence-corrected chi connectivity index (χ2v) is 5.42. The lowest BCUT2D eigenvalue weighted by molar-refractivity contribution is -0.137. The monoisotopic (exact) mass is 269 g/mol. The summed E-state index contributed by atoms with van der Waals surface area (Å²) in [4.78, 5) is 25.1. The standard InChI is InChI=1S/C14H27N3O2/c1-2-4-11(8-9-15)6-7-13(18)17-10-3-5-12(17)14(16)19/h11-12H,2-10,15H2,1H3,(H2,16,19). The van der Waals surface area contributed by atoms with Gasteiger partial charge in [-0.15, -0.1) is 0 Å². The lowest BCUT2D eigenvalue weighted by Crippen LogP contribution is -2.43. The fraction of sp³-hybridized carbons (Fsp3) is 0.857. The van der Waals surface area contributed by atoms with Crippen LogP contribution in [-0.4, -0.2) is 35.8 Å². The molecule has 1 aliphatic rings. The Morgan fingerprint density at radius 3 is 2.63 bits per heavy atom. The molecule has 2 atom stereocenters. The molecule has 0 saturated carbocycles. The van der Waals surface area contributed by atoms with Crippen LogP contribution in [0.25, 0.3) is 0 Å². The summed E-state index contributed by atoms with van der Waals surface area (Å²) in [7, 11) is 0. The van der Waals surface area contributed by atoms with E-state index in [0.717, 1.165) is 32.1 Å². The van der Waals surface area contributed by atoms with E-state index in [1.165, 1.54) is 0 Å². The maximum absolute atomic E-state index is 12.2. The van der Waals surface area contributed by atoms with E-state index in [0.29, 0.717) is 31.8 Å². The number of nitrogens with zero attached hydrogens (tertiary/aromatic N) is 1. The van der Waals surface area contributed by atoms with E-state index in [1.807, 2.05) is 0 Å². The van der Waals surface area contributed by atoms with Crippen molar-refractivity contribution in [3.05, 3.63) is 0 Å². The molecule has 110 valence electrons. The van der Waals surface area contributed by atoms with E-state index < -0.39 is 0 Å². The van der Waals surface area contributed by atoms with Crippen LogP contribution in [0, 0.1) is 5.92 Å². The third-order valence-electron chi connectivity index (χ3n) is 3.94. The van der Waals surface area contributed by atoms with E-state index in [4.69, 9.17) is 11.5 Å². The first-order valence-electron chi connectivity index (χ1n) is 7.39. The van der Waals surface area contributed by atoms with Gasteiger partial charge < -0.3 is 16.4 Å². The molecule has 0 aliphatic carbocycles. The number of nitrogens with two attached hydrogens (primary N) is 2. The molecule has 1 heterocycles. The Hall–Kier alpha value is -1.10. The number of hydrogen-bond acceptors (Lipinski definition) is 3. The zero-order valence-electron chi connectivity index (χ0n) is 11.9. The molecule has 0 aromatic carbocycles. The Labute approximate surface area is 115 Å². The molecule has 2 unspecified atom stereocenters. The Kier molecular flexibility index (Phi) is 6.84. The van der Waals surface area contributed by atoms with Gasteiger partial charge in [0.15, 0.2) is 0 Å². The average Bonchev–Trinajstić information content (AvgIpc) is 2.85. The smallest absolute Gasteiger partial charge is 0.240 e. The van der Waals surface area contributed by atoms with Gasteiger partial charge in [-0.25, -0.2) is 0 Å². The molecular weight excluding hydrogens is 242 g/mol. The molecule has 1 fully saturated rings. The fourth-order valence-electron chi connectivity index (χ4n) is 2.91. The van der Waals surface area contributed by atoms with Crippen molar-refractivity contribution in [1.29, 1.82) is 0 Å². The van der Waals surface area contributed by atoms with Gasteiger partial charge in [0.1, 0.15) is 6.04 Å².